The standard InChI is InChI=1S/C18H19Cl2N3O3S2/c1-3-28(25,26)7-6-21-17(24)16-9-14-11(2)22-23(18(14)27-16)10-12-4-5-13(19)8-15(12)20/h4-5,8-9H,3,6-7,10H2,1-2H3,(H,21,24). The summed E-state index contributed by atoms with van der Waals surface area (Å²) >= 11 is 13.5. The summed E-state index contributed by atoms with van der Waals surface area (Å²) in [4.78, 5) is 13.8. The third-order valence-corrected chi connectivity index (χ3v) is 7.74. The van der Waals surface area contributed by atoms with E-state index in [1.165, 1.54) is 11.3 Å². The van der Waals surface area contributed by atoms with Crippen molar-refractivity contribution in [2.45, 2.75) is 20.4 Å². The molecular weight excluding hydrogens is 441 g/mol. The van der Waals surface area contributed by atoms with Gasteiger partial charge in [0.15, 0.2) is 9.84 Å². The number of aryl methyl sites for hydroxylation is 1. The van der Waals surface area contributed by atoms with Crippen LogP contribution in [0, 0.1) is 6.92 Å². The lowest BCUT2D eigenvalue weighted by Crippen LogP contribution is -2.29. The maximum absolute atomic E-state index is 12.4. The normalized spacial score (nSPS) is 11.9. The number of aromatic nitrogens is 2. The van der Waals surface area contributed by atoms with E-state index in [0.717, 1.165) is 21.5 Å². The van der Waals surface area contributed by atoms with Crippen molar-refractivity contribution in [1.82, 2.24) is 15.1 Å². The summed E-state index contributed by atoms with van der Waals surface area (Å²) in [7, 11) is -3.11. The molecule has 0 bridgehead atoms. The van der Waals surface area contributed by atoms with Crippen LogP contribution < -0.4 is 5.32 Å². The number of sulfone groups is 1. The van der Waals surface area contributed by atoms with Crippen molar-refractivity contribution in [3.63, 3.8) is 0 Å². The number of rotatable bonds is 7. The van der Waals surface area contributed by atoms with Crippen molar-refractivity contribution in [3.05, 3.63) is 50.4 Å². The highest BCUT2D eigenvalue weighted by Gasteiger charge is 2.17. The summed E-state index contributed by atoms with van der Waals surface area (Å²) < 4.78 is 24.9. The second-order valence-corrected chi connectivity index (χ2v) is 10.6. The molecule has 0 saturated carbocycles. The van der Waals surface area contributed by atoms with E-state index in [0.29, 0.717) is 21.5 Å². The SMILES string of the molecule is CCS(=O)(=O)CCNC(=O)c1cc2c(C)nn(Cc3ccc(Cl)cc3Cl)c2s1. The number of hydrogen-bond donors (Lipinski definition) is 1. The molecule has 0 aliphatic rings. The number of fused-ring (bicyclic) bond motifs is 1. The van der Waals surface area contributed by atoms with Gasteiger partial charge in [-0.3, -0.25) is 9.48 Å². The van der Waals surface area contributed by atoms with E-state index in [1.807, 2.05) is 17.7 Å². The van der Waals surface area contributed by atoms with Crippen LogP contribution in [0.25, 0.3) is 10.2 Å². The first-order chi connectivity index (χ1) is 13.2. The predicted octanol–water partition coefficient (Wildman–Crippen LogP) is 3.93. The lowest BCUT2D eigenvalue weighted by molar-refractivity contribution is 0.0960. The zero-order valence-electron chi connectivity index (χ0n) is 15.3. The van der Waals surface area contributed by atoms with Gasteiger partial charge in [0.1, 0.15) is 4.83 Å². The van der Waals surface area contributed by atoms with E-state index in [1.54, 1.807) is 25.1 Å². The van der Waals surface area contributed by atoms with E-state index in [2.05, 4.69) is 10.4 Å². The number of nitrogens with one attached hydrogen (secondary N) is 1. The molecule has 0 fully saturated rings. The highest BCUT2D eigenvalue weighted by atomic mass is 35.5. The van der Waals surface area contributed by atoms with Crippen LogP contribution in [0.2, 0.25) is 10.0 Å². The summed E-state index contributed by atoms with van der Waals surface area (Å²) in [6.07, 6.45) is 0. The fourth-order valence-electron chi connectivity index (χ4n) is 2.69. The Kier molecular flexibility index (Phi) is 6.34. The molecule has 1 amide bonds. The van der Waals surface area contributed by atoms with Gasteiger partial charge in [-0.2, -0.15) is 5.10 Å². The topological polar surface area (TPSA) is 81.1 Å². The molecule has 3 rings (SSSR count). The summed E-state index contributed by atoms with van der Waals surface area (Å²) in [5.74, 6) is -0.293. The van der Waals surface area contributed by atoms with Crippen molar-refractivity contribution < 1.29 is 13.2 Å². The second-order valence-electron chi connectivity index (χ2n) is 6.30. The van der Waals surface area contributed by atoms with Crippen LogP contribution in [-0.4, -0.2) is 42.2 Å². The Labute approximate surface area is 177 Å². The van der Waals surface area contributed by atoms with Crippen molar-refractivity contribution in [2.75, 3.05) is 18.1 Å². The number of carbonyl (C=O) groups excluding carboxylic acids is 1. The molecule has 6 nitrogen and oxygen atoms in total. The van der Waals surface area contributed by atoms with Gasteiger partial charge in [-0.05, 0) is 30.7 Å². The Morgan fingerprint density at radius 2 is 2.04 bits per heavy atom. The lowest BCUT2D eigenvalue weighted by Gasteiger charge is -2.06. The second kappa shape index (κ2) is 8.41. The van der Waals surface area contributed by atoms with Crippen molar-refractivity contribution in [2.24, 2.45) is 0 Å². The average molecular weight is 460 g/mol. The van der Waals surface area contributed by atoms with Crippen LogP contribution >= 0.6 is 34.5 Å². The van der Waals surface area contributed by atoms with Gasteiger partial charge in [0.05, 0.1) is 22.9 Å². The van der Waals surface area contributed by atoms with Gasteiger partial charge in [-0.15, -0.1) is 11.3 Å². The lowest BCUT2D eigenvalue weighted by atomic mass is 10.2. The number of benzene rings is 1. The Hall–Kier alpha value is -1.61. The van der Waals surface area contributed by atoms with Crippen LogP contribution in [0.5, 0.6) is 0 Å². The highest BCUT2D eigenvalue weighted by Crippen LogP contribution is 2.30. The summed E-state index contributed by atoms with van der Waals surface area (Å²) in [5, 5.41) is 9.22. The summed E-state index contributed by atoms with van der Waals surface area (Å²) in [5.41, 5.74) is 1.68. The monoisotopic (exact) mass is 459 g/mol. The predicted molar refractivity (Wildman–Crippen MR) is 115 cm³/mol. The summed E-state index contributed by atoms with van der Waals surface area (Å²) in [6.45, 7) is 4.01. The number of nitrogens with zero attached hydrogens (tertiary/aromatic N) is 2. The molecule has 0 aliphatic heterocycles. The molecule has 3 aromatic rings. The van der Waals surface area contributed by atoms with Gasteiger partial charge in [0.25, 0.3) is 5.91 Å². The van der Waals surface area contributed by atoms with E-state index in [-0.39, 0.29) is 24.0 Å². The fourth-order valence-corrected chi connectivity index (χ4v) is 4.94. The Morgan fingerprint density at radius 3 is 2.71 bits per heavy atom. The number of thiophene rings is 1. The Morgan fingerprint density at radius 1 is 1.29 bits per heavy atom. The molecule has 1 aromatic carbocycles. The minimum absolute atomic E-state index is 0.0635. The molecule has 2 heterocycles. The molecule has 28 heavy (non-hydrogen) atoms. The van der Waals surface area contributed by atoms with Crippen LogP contribution in [-0.2, 0) is 16.4 Å². The van der Waals surface area contributed by atoms with Gasteiger partial charge < -0.3 is 5.32 Å². The van der Waals surface area contributed by atoms with Crippen molar-refractivity contribution in [3.8, 4) is 0 Å². The number of amides is 1. The fraction of sp³-hybridized carbons (Fsp3) is 0.333. The quantitative estimate of drug-likeness (QED) is 0.580. The molecule has 0 unspecified atom stereocenters. The smallest absolute Gasteiger partial charge is 0.261 e. The largest absolute Gasteiger partial charge is 0.350 e. The van der Waals surface area contributed by atoms with Gasteiger partial charge in [-0.1, -0.05) is 36.2 Å². The maximum Gasteiger partial charge on any atom is 0.261 e. The molecule has 2 aromatic heterocycles. The molecule has 0 atom stereocenters. The highest BCUT2D eigenvalue weighted by molar-refractivity contribution is 7.91. The van der Waals surface area contributed by atoms with E-state index in [4.69, 9.17) is 23.2 Å². The molecule has 150 valence electrons. The Bertz CT molecular complexity index is 1140. The molecule has 10 heteroatoms. The van der Waals surface area contributed by atoms with Gasteiger partial charge in [0.2, 0.25) is 0 Å². The van der Waals surface area contributed by atoms with E-state index in [9.17, 15) is 13.2 Å². The molecule has 0 radical (unpaired) electrons. The Balaban J connectivity index is 1.80. The van der Waals surface area contributed by atoms with Crippen molar-refractivity contribution in [1.29, 1.82) is 0 Å². The number of halogens is 2. The third-order valence-electron chi connectivity index (χ3n) is 4.30. The first kappa shape index (κ1) is 21.1. The first-order valence-corrected chi connectivity index (χ1v) is 12.0. The molecule has 0 spiro atoms. The van der Waals surface area contributed by atoms with Crippen molar-refractivity contribution >= 4 is 60.5 Å². The van der Waals surface area contributed by atoms with Crippen LogP contribution in [0.1, 0.15) is 27.9 Å². The van der Waals surface area contributed by atoms with E-state index < -0.39 is 9.84 Å². The van der Waals surface area contributed by atoms with Gasteiger partial charge >= 0.3 is 0 Å². The van der Waals surface area contributed by atoms with Gasteiger partial charge in [-0.25, -0.2) is 8.42 Å². The molecule has 0 aliphatic carbocycles. The van der Waals surface area contributed by atoms with E-state index >= 15 is 0 Å². The molecular formula is C18H19Cl2N3O3S2. The zero-order valence-corrected chi connectivity index (χ0v) is 18.5. The maximum atomic E-state index is 12.4. The first-order valence-electron chi connectivity index (χ1n) is 8.59. The van der Waals surface area contributed by atoms with Gasteiger partial charge in [0, 0.05) is 27.7 Å². The van der Waals surface area contributed by atoms with Crippen LogP contribution in [0.3, 0.4) is 0 Å². The minimum atomic E-state index is -3.11. The zero-order chi connectivity index (χ0) is 20.5. The summed E-state index contributed by atoms with van der Waals surface area (Å²) in [6, 6.07) is 7.09. The van der Waals surface area contributed by atoms with Crippen LogP contribution in [0.15, 0.2) is 24.3 Å². The molecule has 0 saturated heterocycles. The minimum Gasteiger partial charge on any atom is -0.350 e. The third kappa shape index (κ3) is 4.68. The molecule has 1 N–H and O–H groups in total. The average Bonchev–Trinajstić information content (AvgIpc) is 3.19. The number of hydrogen-bond acceptors (Lipinski definition) is 5. The number of carbonyl (C=O) groups is 1. The van der Waals surface area contributed by atoms with Crippen LogP contribution in [0.4, 0.5) is 0 Å².